The van der Waals surface area contributed by atoms with Crippen LogP contribution < -0.4 is 10.0 Å². The predicted octanol–water partition coefficient (Wildman–Crippen LogP) is 1.60. The van der Waals surface area contributed by atoms with Crippen LogP contribution in [0.25, 0.3) is 0 Å². The standard InChI is InChI=1S/C18H22N4O5S2/c1-28(24,25)20-16-9-7-15(8-10-16)19-18(23)21-11-13-22(14-12-21)29(26,27)17-5-3-2-4-6-17/h2-10,20H,11-14H2,1H3,(H,19,23). The molecule has 156 valence electrons. The molecule has 1 fully saturated rings. The molecule has 1 aliphatic heterocycles. The van der Waals surface area contributed by atoms with Crippen LogP contribution in [0.2, 0.25) is 0 Å². The number of benzene rings is 2. The third kappa shape index (κ3) is 5.46. The van der Waals surface area contributed by atoms with Crippen LogP contribution in [0.5, 0.6) is 0 Å². The number of nitrogens with zero attached hydrogens (tertiary/aromatic N) is 2. The first-order valence-corrected chi connectivity index (χ1v) is 12.2. The normalized spacial score (nSPS) is 15.7. The summed E-state index contributed by atoms with van der Waals surface area (Å²) in [5.74, 6) is 0. The molecule has 2 amide bonds. The molecule has 0 unspecified atom stereocenters. The maximum absolute atomic E-state index is 12.6. The van der Waals surface area contributed by atoms with Crippen molar-refractivity contribution in [3.63, 3.8) is 0 Å². The Bertz CT molecular complexity index is 1060. The zero-order valence-corrected chi connectivity index (χ0v) is 17.4. The molecule has 0 radical (unpaired) electrons. The molecule has 29 heavy (non-hydrogen) atoms. The molecule has 0 aliphatic carbocycles. The van der Waals surface area contributed by atoms with E-state index >= 15 is 0 Å². The maximum Gasteiger partial charge on any atom is 0.321 e. The average Bonchev–Trinajstić information content (AvgIpc) is 2.69. The summed E-state index contributed by atoms with van der Waals surface area (Å²) in [6, 6.07) is 14.1. The Morgan fingerprint density at radius 3 is 1.93 bits per heavy atom. The number of sulfonamides is 2. The van der Waals surface area contributed by atoms with Gasteiger partial charge < -0.3 is 10.2 Å². The largest absolute Gasteiger partial charge is 0.322 e. The summed E-state index contributed by atoms with van der Waals surface area (Å²) in [5.41, 5.74) is 0.901. The SMILES string of the molecule is CS(=O)(=O)Nc1ccc(NC(=O)N2CCN(S(=O)(=O)c3ccccc3)CC2)cc1. The van der Waals surface area contributed by atoms with Crippen molar-refractivity contribution in [3.8, 4) is 0 Å². The molecule has 1 saturated heterocycles. The van der Waals surface area contributed by atoms with Crippen molar-refractivity contribution in [1.82, 2.24) is 9.21 Å². The number of rotatable bonds is 5. The number of anilines is 2. The van der Waals surface area contributed by atoms with Gasteiger partial charge in [-0.2, -0.15) is 4.31 Å². The first-order valence-electron chi connectivity index (χ1n) is 8.84. The molecular weight excluding hydrogens is 416 g/mol. The Labute approximate surface area is 170 Å². The molecule has 0 atom stereocenters. The van der Waals surface area contributed by atoms with Gasteiger partial charge in [0.15, 0.2) is 0 Å². The molecular formula is C18H22N4O5S2. The molecule has 1 heterocycles. The minimum Gasteiger partial charge on any atom is -0.322 e. The lowest BCUT2D eigenvalue weighted by Crippen LogP contribution is -2.51. The van der Waals surface area contributed by atoms with Gasteiger partial charge in [-0.1, -0.05) is 18.2 Å². The molecule has 1 aliphatic rings. The van der Waals surface area contributed by atoms with Crippen molar-refractivity contribution in [2.45, 2.75) is 4.90 Å². The Hall–Kier alpha value is -2.63. The van der Waals surface area contributed by atoms with Gasteiger partial charge in [-0.15, -0.1) is 0 Å². The topological polar surface area (TPSA) is 116 Å². The smallest absolute Gasteiger partial charge is 0.321 e. The van der Waals surface area contributed by atoms with Crippen molar-refractivity contribution in [3.05, 3.63) is 54.6 Å². The van der Waals surface area contributed by atoms with E-state index in [1.54, 1.807) is 59.5 Å². The predicted molar refractivity (Wildman–Crippen MR) is 111 cm³/mol. The van der Waals surface area contributed by atoms with Crippen LogP contribution in [0.3, 0.4) is 0 Å². The van der Waals surface area contributed by atoms with E-state index in [1.165, 1.54) is 4.31 Å². The van der Waals surface area contributed by atoms with E-state index in [1.807, 2.05) is 0 Å². The molecule has 0 bridgehead atoms. The Morgan fingerprint density at radius 2 is 1.38 bits per heavy atom. The third-order valence-electron chi connectivity index (χ3n) is 4.35. The first-order chi connectivity index (χ1) is 13.6. The molecule has 2 aromatic rings. The highest BCUT2D eigenvalue weighted by molar-refractivity contribution is 7.92. The van der Waals surface area contributed by atoms with E-state index < -0.39 is 20.0 Å². The van der Waals surface area contributed by atoms with Crippen LogP contribution in [0.4, 0.5) is 16.2 Å². The number of hydrogen-bond donors (Lipinski definition) is 2. The number of piperazine rings is 1. The van der Waals surface area contributed by atoms with Crippen molar-refractivity contribution >= 4 is 37.5 Å². The molecule has 0 aromatic heterocycles. The molecule has 3 rings (SSSR count). The van der Waals surface area contributed by atoms with Gasteiger partial charge in [0.1, 0.15) is 0 Å². The van der Waals surface area contributed by atoms with Gasteiger partial charge in [-0.3, -0.25) is 4.72 Å². The van der Waals surface area contributed by atoms with Gasteiger partial charge in [-0.25, -0.2) is 21.6 Å². The van der Waals surface area contributed by atoms with Gasteiger partial charge in [0.2, 0.25) is 20.0 Å². The fraction of sp³-hybridized carbons (Fsp3) is 0.278. The number of carbonyl (C=O) groups is 1. The highest BCUT2D eigenvalue weighted by Gasteiger charge is 2.30. The van der Waals surface area contributed by atoms with Crippen molar-refractivity contribution < 1.29 is 21.6 Å². The summed E-state index contributed by atoms with van der Waals surface area (Å²) in [6.45, 7) is 0.959. The highest BCUT2D eigenvalue weighted by Crippen LogP contribution is 2.18. The Balaban J connectivity index is 1.56. The van der Waals surface area contributed by atoms with E-state index in [-0.39, 0.29) is 37.1 Å². The van der Waals surface area contributed by atoms with E-state index in [0.29, 0.717) is 11.4 Å². The van der Waals surface area contributed by atoms with Crippen LogP contribution >= 0.6 is 0 Å². The first kappa shape index (κ1) is 21.1. The number of nitrogens with one attached hydrogen (secondary N) is 2. The summed E-state index contributed by atoms with van der Waals surface area (Å²) in [4.78, 5) is 14.2. The fourth-order valence-electron chi connectivity index (χ4n) is 2.91. The van der Waals surface area contributed by atoms with E-state index in [2.05, 4.69) is 10.0 Å². The molecule has 0 spiro atoms. The molecule has 11 heteroatoms. The lowest BCUT2D eigenvalue weighted by atomic mass is 10.3. The molecule has 2 aromatic carbocycles. The van der Waals surface area contributed by atoms with Crippen molar-refractivity contribution in [2.24, 2.45) is 0 Å². The number of amides is 2. The van der Waals surface area contributed by atoms with Crippen molar-refractivity contribution in [2.75, 3.05) is 42.5 Å². The maximum atomic E-state index is 12.6. The van der Waals surface area contributed by atoms with Crippen LogP contribution in [-0.2, 0) is 20.0 Å². The number of carbonyl (C=O) groups excluding carboxylic acids is 1. The summed E-state index contributed by atoms with van der Waals surface area (Å²) in [7, 11) is -6.94. The average molecular weight is 439 g/mol. The molecule has 0 saturated carbocycles. The quantitative estimate of drug-likeness (QED) is 0.736. The van der Waals surface area contributed by atoms with Crippen LogP contribution in [-0.4, -0.2) is 64.5 Å². The van der Waals surface area contributed by atoms with Gasteiger partial charge in [-0.05, 0) is 36.4 Å². The van der Waals surface area contributed by atoms with Crippen LogP contribution in [0.1, 0.15) is 0 Å². The van der Waals surface area contributed by atoms with Gasteiger partial charge in [0, 0.05) is 37.6 Å². The van der Waals surface area contributed by atoms with Gasteiger partial charge >= 0.3 is 6.03 Å². The third-order valence-corrected chi connectivity index (χ3v) is 6.87. The van der Waals surface area contributed by atoms with Gasteiger partial charge in [0.25, 0.3) is 0 Å². The Kier molecular flexibility index (Phi) is 6.10. The number of urea groups is 1. The second kappa shape index (κ2) is 8.39. The zero-order valence-electron chi connectivity index (χ0n) is 15.8. The van der Waals surface area contributed by atoms with Gasteiger partial charge in [0.05, 0.1) is 11.2 Å². The number of hydrogen-bond acceptors (Lipinski definition) is 5. The summed E-state index contributed by atoms with van der Waals surface area (Å²) >= 11 is 0. The zero-order chi connectivity index (χ0) is 21.1. The summed E-state index contributed by atoms with van der Waals surface area (Å²) in [6.07, 6.45) is 1.06. The summed E-state index contributed by atoms with van der Waals surface area (Å²) < 4.78 is 51.5. The van der Waals surface area contributed by atoms with Crippen molar-refractivity contribution in [1.29, 1.82) is 0 Å². The fourth-order valence-corrected chi connectivity index (χ4v) is 4.92. The lowest BCUT2D eigenvalue weighted by Gasteiger charge is -2.34. The Morgan fingerprint density at radius 1 is 0.828 bits per heavy atom. The molecule has 9 nitrogen and oxygen atoms in total. The minimum absolute atomic E-state index is 0.210. The second-order valence-electron chi connectivity index (χ2n) is 6.59. The highest BCUT2D eigenvalue weighted by atomic mass is 32.2. The lowest BCUT2D eigenvalue weighted by molar-refractivity contribution is 0.184. The van der Waals surface area contributed by atoms with E-state index in [9.17, 15) is 21.6 Å². The molecule has 2 N–H and O–H groups in total. The second-order valence-corrected chi connectivity index (χ2v) is 10.3. The van der Waals surface area contributed by atoms with E-state index in [4.69, 9.17) is 0 Å². The summed E-state index contributed by atoms with van der Waals surface area (Å²) in [5, 5.41) is 2.73. The monoisotopic (exact) mass is 438 g/mol. The van der Waals surface area contributed by atoms with Crippen LogP contribution in [0, 0.1) is 0 Å². The minimum atomic E-state index is -3.57. The van der Waals surface area contributed by atoms with E-state index in [0.717, 1.165) is 6.26 Å². The van der Waals surface area contributed by atoms with Crippen LogP contribution in [0.15, 0.2) is 59.5 Å².